The van der Waals surface area contributed by atoms with Gasteiger partial charge in [-0.25, -0.2) is 13.4 Å². The number of carbonyl (C=O) groups is 2. The average molecular weight is 687 g/mol. The zero-order valence-electron chi connectivity index (χ0n) is 23.8. The maximum absolute atomic E-state index is 13.4. The molecule has 0 bridgehead atoms. The predicted molar refractivity (Wildman–Crippen MR) is 153 cm³/mol. The minimum Gasteiger partial charge on any atom is -0.469 e. The van der Waals surface area contributed by atoms with E-state index < -0.39 is 49.5 Å². The molecule has 3 aromatic rings. The second-order valence-corrected chi connectivity index (χ2v) is 13.3. The molecule has 0 fully saturated rings. The topological polar surface area (TPSA) is 145 Å². The Morgan fingerprint density at radius 1 is 1.14 bits per heavy atom. The van der Waals surface area contributed by atoms with Crippen molar-refractivity contribution < 1.29 is 40.3 Å². The fourth-order valence-electron chi connectivity index (χ4n) is 3.82. The molecule has 1 aromatic carbocycles. The average Bonchev–Trinajstić information content (AvgIpc) is 3.56. The number of halogens is 5. The minimum atomic E-state index is -4.84. The number of nitrogens with one attached hydrogen (secondary N) is 1. The molecule has 236 valence electrons. The van der Waals surface area contributed by atoms with Gasteiger partial charge in [-0.1, -0.05) is 29.3 Å². The fourth-order valence-corrected chi connectivity index (χ4v) is 6.98. The van der Waals surface area contributed by atoms with E-state index in [4.69, 9.17) is 32.4 Å². The lowest BCUT2D eigenvalue weighted by Crippen LogP contribution is -2.43. The molecule has 3 rings (SSSR count). The first-order valence-corrected chi connectivity index (χ1v) is 15.7. The first-order valence-electron chi connectivity index (χ1n) is 12.7. The summed E-state index contributed by atoms with van der Waals surface area (Å²) >= 11 is 13.7. The van der Waals surface area contributed by atoms with E-state index in [1.54, 1.807) is 27.7 Å². The lowest BCUT2D eigenvalue weighted by molar-refractivity contribution is -0.151. The number of aromatic nitrogens is 3. The predicted octanol–water partition coefficient (Wildman–Crippen LogP) is 5.62. The summed E-state index contributed by atoms with van der Waals surface area (Å²) in [4.78, 5) is 30.9. The number of rotatable bonds is 11. The molecule has 1 atom stereocenters. The summed E-state index contributed by atoms with van der Waals surface area (Å²) in [6, 6.07) is -0.193. The number of esters is 1. The second-order valence-electron chi connectivity index (χ2n) is 9.85. The van der Waals surface area contributed by atoms with Gasteiger partial charge in [0.1, 0.15) is 16.6 Å². The van der Waals surface area contributed by atoms with Crippen LogP contribution in [0.3, 0.4) is 0 Å². The van der Waals surface area contributed by atoms with E-state index in [9.17, 15) is 31.2 Å². The number of hydrogen-bond acceptors (Lipinski definition) is 10. The number of carbonyl (C=O) groups excluding carboxylic acids is 2. The van der Waals surface area contributed by atoms with Crippen LogP contribution in [0.4, 0.5) is 13.2 Å². The van der Waals surface area contributed by atoms with Crippen LogP contribution >= 0.6 is 34.5 Å². The Morgan fingerprint density at radius 3 is 2.33 bits per heavy atom. The van der Waals surface area contributed by atoms with Gasteiger partial charge in [0.15, 0.2) is 5.01 Å². The molecule has 18 heteroatoms. The van der Waals surface area contributed by atoms with Crippen molar-refractivity contribution in [1.82, 2.24) is 24.8 Å². The van der Waals surface area contributed by atoms with Crippen molar-refractivity contribution in [2.75, 3.05) is 20.2 Å². The number of sulfonamides is 1. The van der Waals surface area contributed by atoms with Gasteiger partial charge < -0.3 is 14.1 Å². The second kappa shape index (κ2) is 13.1. The summed E-state index contributed by atoms with van der Waals surface area (Å²) in [6.07, 6.45) is -4.79. The van der Waals surface area contributed by atoms with Crippen LogP contribution in [0.2, 0.25) is 10.0 Å². The standard InChI is InChI=1S/C25H28Cl2F3N5O6S2/c1-7-35(8-2)22(36)18-19(42-21(31-18)20-33-32-15(41-20)11-24(4,5)23(37)40-6)13-9-10-14(17(27)16(13)26)43(38,39)34-12(3)25(28,29)30/h9-10,12,34H,7-8,11H2,1-6H3. The number of benzene rings is 1. The van der Waals surface area contributed by atoms with Crippen LogP contribution in [0.15, 0.2) is 21.4 Å². The Morgan fingerprint density at radius 2 is 1.77 bits per heavy atom. The molecule has 0 aliphatic heterocycles. The van der Waals surface area contributed by atoms with E-state index >= 15 is 0 Å². The van der Waals surface area contributed by atoms with Gasteiger partial charge in [0.25, 0.3) is 11.8 Å². The molecular formula is C25H28Cl2F3N5O6S2. The van der Waals surface area contributed by atoms with Crippen molar-refractivity contribution in [1.29, 1.82) is 0 Å². The van der Waals surface area contributed by atoms with Crippen LogP contribution in [0.1, 0.15) is 51.0 Å². The van der Waals surface area contributed by atoms with Crippen LogP contribution < -0.4 is 4.72 Å². The van der Waals surface area contributed by atoms with Crippen molar-refractivity contribution in [3.05, 3.63) is 33.8 Å². The van der Waals surface area contributed by atoms with Crippen LogP contribution in [-0.2, 0) is 26.0 Å². The zero-order valence-corrected chi connectivity index (χ0v) is 26.9. The summed E-state index contributed by atoms with van der Waals surface area (Å²) in [5, 5.41) is 7.20. The SMILES string of the molecule is CCN(CC)C(=O)c1nc(-c2nnc(CC(C)(C)C(=O)OC)o2)sc1-c1ccc(S(=O)(=O)NC(C)C(F)(F)F)c(Cl)c1Cl. The number of nitrogens with zero attached hydrogens (tertiary/aromatic N) is 4. The highest BCUT2D eigenvalue weighted by atomic mass is 35.5. The lowest BCUT2D eigenvalue weighted by atomic mass is 9.89. The molecule has 1 unspecified atom stereocenters. The van der Waals surface area contributed by atoms with Gasteiger partial charge in [0.2, 0.25) is 15.9 Å². The monoisotopic (exact) mass is 685 g/mol. The number of thiazole rings is 1. The highest BCUT2D eigenvalue weighted by Gasteiger charge is 2.40. The Kier molecular flexibility index (Phi) is 10.5. The molecule has 2 aromatic heterocycles. The van der Waals surface area contributed by atoms with Crippen LogP contribution in [-0.4, -0.2) is 72.8 Å². The molecule has 0 spiro atoms. The van der Waals surface area contributed by atoms with Crippen molar-refractivity contribution in [3.8, 4) is 21.3 Å². The molecular weight excluding hydrogens is 658 g/mol. The van der Waals surface area contributed by atoms with Gasteiger partial charge in [-0.3, -0.25) is 9.59 Å². The minimum absolute atomic E-state index is 0.0501. The normalized spacial score (nSPS) is 13.2. The quantitative estimate of drug-likeness (QED) is 0.254. The molecule has 43 heavy (non-hydrogen) atoms. The summed E-state index contributed by atoms with van der Waals surface area (Å²) in [6.45, 7) is 8.12. The maximum Gasteiger partial charge on any atom is 0.404 e. The first-order chi connectivity index (χ1) is 19.9. The number of hydrogen-bond donors (Lipinski definition) is 1. The molecule has 1 amide bonds. The van der Waals surface area contributed by atoms with Crippen LogP contribution in [0.5, 0.6) is 0 Å². The highest BCUT2D eigenvalue weighted by molar-refractivity contribution is 7.89. The smallest absolute Gasteiger partial charge is 0.404 e. The zero-order chi connectivity index (χ0) is 32.5. The van der Waals surface area contributed by atoms with Gasteiger partial charge in [0.05, 0.1) is 27.4 Å². The molecule has 0 aliphatic rings. The third kappa shape index (κ3) is 7.48. The van der Waals surface area contributed by atoms with E-state index in [2.05, 4.69) is 15.2 Å². The Bertz CT molecular complexity index is 1620. The number of methoxy groups -OCH3 is 1. The number of amides is 1. The van der Waals surface area contributed by atoms with Crippen LogP contribution in [0, 0.1) is 5.41 Å². The van der Waals surface area contributed by atoms with Gasteiger partial charge in [0, 0.05) is 25.1 Å². The largest absolute Gasteiger partial charge is 0.469 e. The Hall–Kier alpha value is -2.79. The lowest BCUT2D eigenvalue weighted by Gasteiger charge is -2.19. The summed E-state index contributed by atoms with van der Waals surface area (Å²) < 4.78 is 76.6. The van der Waals surface area contributed by atoms with Gasteiger partial charge in [-0.05, 0) is 40.7 Å². The van der Waals surface area contributed by atoms with Crippen LogP contribution in [0.25, 0.3) is 21.3 Å². The van der Waals surface area contributed by atoms with E-state index in [0.29, 0.717) is 20.0 Å². The highest BCUT2D eigenvalue weighted by Crippen LogP contribution is 2.43. The fraction of sp³-hybridized carbons (Fsp3) is 0.480. The molecule has 1 N–H and O–H groups in total. The van der Waals surface area contributed by atoms with E-state index in [0.717, 1.165) is 17.4 Å². The molecule has 2 heterocycles. The van der Waals surface area contributed by atoms with Crippen molar-refractivity contribution in [3.63, 3.8) is 0 Å². The summed E-state index contributed by atoms with van der Waals surface area (Å²) in [7, 11) is -3.48. The third-order valence-electron chi connectivity index (χ3n) is 6.27. The van der Waals surface area contributed by atoms with Crippen molar-refractivity contribution in [2.45, 2.75) is 58.2 Å². The maximum atomic E-state index is 13.4. The van der Waals surface area contributed by atoms with Crippen molar-refractivity contribution in [2.24, 2.45) is 5.41 Å². The van der Waals surface area contributed by atoms with Crippen molar-refractivity contribution >= 4 is 56.4 Å². The summed E-state index contributed by atoms with van der Waals surface area (Å²) in [5.41, 5.74) is -0.952. The van der Waals surface area contributed by atoms with Gasteiger partial charge in [-0.15, -0.1) is 21.5 Å². The molecule has 0 aliphatic carbocycles. The van der Waals surface area contributed by atoms with Gasteiger partial charge in [-0.2, -0.15) is 17.9 Å². The first kappa shape index (κ1) is 34.7. The molecule has 0 saturated heterocycles. The number of ether oxygens (including phenoxy) is 1. The van der Waals surface area contributed by atoms with E-state index in [1.807, 2.05) is 0 Å². The van der Waals surface area contributed by atoms with E-state index in [1.165, 1.54) is 22.8 Å². The van der Waals surface area contributed by atoms with E-state index in [-0.39, 0.29) is 44.4 Å². The molecule has 0 radical (unpaired) electrons. The van der Waals surface area contributed by atoms with Gasteiger partial charge >= 0.3 is 12.1 Å². The molecule has 0 saturated carbocycles. The Labute approximate surface area is 259 Å². The Balaban J connectivity index is 2.12. The summed E-state index contributed by atoms with van der Waals surface area (Å²) in [5.74, 6) is -0.934. The third-order valence-corrected chi connectivity index (χ3v) is 9.92. The number of alkyl halides is 3. The molecule has 11 nitrogen and oxygen atoms in total.